The summed E-state index contributed by atoms with van der Waals surface area (Å²) >= 11 is 0. The number of carbonyl (C=O) groups excluding carboxylic acids is 2. The third kappa shape index (κ3) is 5.39. The van der Waals surface area contributed by atoms with Crippen LogP contribution in [0.15, 0.2) is 79.0 Å². The molecule has 1 fully saturated rings. The summed E-state index contributed by atoms with van der Waals surface area (Å²) in [5.41, 5.74) is 0.480. The molecule has 0 radical (unpaired) electrons. The van der Waals surface area contributed by atoms with Crippen LogP contribution in [0.25, 0.3) is 0 Å². The van der Waals surface area contributed by atoms with Gasteiger partial charge in [0, 0.05) is 37.9 Å². The molecule has 31 heavy (non-hydrogen) atoms. The van der Waals surface area contributed by atoms with Crippen molar-refractivity contribution in [3.8, 4) is 11.5 Å². The summed E-state index contributed by atoms with van der Waals surface area (Å²) in [4.78, 5) is 33.2. The number of ether oxygens (including phenoxy) is 1. The summed E-state index contributed by atoms with van der Waals surface area (Å²) in [5.74, 6) is 1.92. The SMILES string of the molecule is O=C(NCC(=O)N1CCN(c2ccccn2)CC1)c1ccc(Oc2ccccc2)cc1. The molecule has 2 amide bonds. The zero-order valence-corrected chi connectivity index (χ0v) is 17.1. The first-order valence-electron chi connectivity index (χ1n) is 10.2. The van der Waals surface area contributed by atoms with Crippen molar-refractivity contribution in [3.63, 3.8) is 0 Å². The van der Waals surface area contributed by atoms with E-state index in [9.17, 15) is 9.59 Å². The smallest absolute Gasteiger partial charge is 0.251 e. The van der Waals surface area contributed by atoms with E-state index in [1.165, 1.54) is 0 Å². The van der Waals surface area contributed by atoms with Gasteiger partial charge >= 0.3 is 0 Å². The van der Waals surface area contributed by atoms with Gasteiger partial charge < -0.3 is 19.9 Å². The molecule has 0 saturated carbocycles. The number of amides is 2. The summed E-state index contributed by atoms with van der Waals surface area (Å²) in [6.45, 7) is 2.64. The minimum Gasteiger partial charge on any atom is -0.457 e. The molecule has 7 nitrogen and oxygen atoms in total. The van der Waals surface area contributed by atoms with Crippen LogP contribution in [0.3, 0.4) is 0 Å². The fourth-order valence-corrected chi connectivity index (χ4v) is 3.39. The second kappa shape index (κ2) is 9.75. The molecule has 0 spiro atoms. The summed E-state index contributed by atoms with van der Waals surface area (Å²) in [6, 6.07) is 22.1. The monoisotopic (exact) mass is 416 g/mol. The van der Waals surface area contributed by atoms with Crippen molar-refractivity contribution < 1.29 is 14.3 Å². The second-order valence-corrected chi connectivity index (χ2v) is 7.18. The average molecular weight is 416 g/mol. The molecule has 1 aliphatic heterocycles. The Balaban J connectivity index is 1.23. The van der Waals surface area contributed by atoms with Gasteiger partial charge in [0.05, 0.1) is 6.54 Å². The number of benzene rings is 2. The Hall–Kier alpha value is -3.87. The lowest BCUT2D eigenvalue weighted by atomic mass is 10.2. The highest BCUT2D eigenvalue weighted by Crippen LogP contribution is 2.21. The fraction of sp³-hybridized carbons (Fsp3) is 0.208. The van der Waals surface area contributed by atoms with Gasteiger partial charge in [-0.3, -0.25) is 9.59 Å². The van der Waals surface area contributed by atoms with Crippen LogP contribution in [0.1, 0.15) is 10.4 Å². The summed E-state index contributed by atoms with van der Waals surface area (Å²) in [7, 11) is 0. The van der Waals surface area contributed by atoms with Crippen LogP contribution in [-0.2, 0) is 4.79 Å². The van der Waals surface area contributed by atoms with Crippen LogP contribution in [-0.4, -0.2) is 54.4 Å². The quantitative estimate of drug-likeness (QED) is 0.669. The lowest BCUT2D eigenvalue weighted by Crippen LogP contribution is -2.51. The van der Waals surface area contributed by atoms with Crippen molar-refractivity contribution in [1.29, 1.82) is 0 Å². The fourth-order valence-electron chi connectivity index (χ4n) is 3.39. The zero-order chi connectivity index (χ0) is 21.5. The van der Waals surface area contributed by atoms with Gasteiger partial charge in [0.15, 0.2) is 0 Å². The van der Waals surface area contributed by atoms with Crippen molar-refractivity contribution in [2.75, 3.05) is 37.6 Å². The molecule has 0 atom stereocenters. The Morgan fingerprint density at radius 2 is 1.52 bits per heavy atom. The van der Waals surface area contributed by atoms with E-state index in [4.69, 9.17) is 4.74 Å². The molecule has 2 aromatic carbocycles. The Morgan fingerprint density at radius 1 is 0.839 bits per heavy atom. The molecule has 1 aromatic heterocycles. The highest BCUT2D eigenvalue weighted by Gasteiger charge is 2.22. The second-order valence-electron chi connectivity index (χ2n) is 7.18. The lowest BCUT2D eigenvalue weighted by molar-refractivity contribution is -0.130. The number of hydrogen-bond acceptors (Lipinski definition) is 5. The summed E-state index contributed by atoms with van der Waals surface area (Å²) in [6.07, 6.45) is 1.77. The van der Waals surface area contributed by atoms with Gasteiger partial charge in [-0.1, -0.05) is 24.3 Å². The molecule has 1 saturated heterocycles. The maximum absolute atomic E-state index is 12.5. The van der Waals surface area contributed by atoms with E-state index in [0.29, 0.717) is 24.4 Å². The van der Waals surface area contributed by atoms with Crippen molar-refractivity contribution >= 4 is 17.6 Å². The predicted octanol–water partition coefficient (Wildman–Crippen LogP) is 2.95. The Kier molecular flexibility index (Phi) is 6.42. The topological polar surface area (TPSA) is 74.8 Å². The minimum atomic E-state index is -0.285. The number of piperazine rings is 1. The third-order valence-corrected chi connectivity index (χ3v) is 5.10. The molecule has 0 unspecified atom stereocenters. The van der Waals surface area contributed by atoms with Crippen molar-refractivity contribution in [2.45, 2.75) is 0 Å². The minimum absolute atomic E-state index is 0.0231. The van der Waals surface area contributed by atoms with Crippen LogP contribution < -0.4 is 15.0 Å². The third-order valence-electron chi connectivity index (χ3n) is 5.10. The van der Waals surface area contributed by atoms with Gasteiger partial charge in [-0.05, 0) is 48.5 Å². The maximum atomic E-state index is 12.5. The number of pyridine rings is 1. The van der Waals surface area contributed by atoms with Crippen LogP contribution in [0, 0.1) is 0 Å². The molecule has 0 bridgehead atoms. The standard InChI is InChI=1S/C24H24N4O3/c29-23(28-16-14-27(15-17-28)22-8-4-5-13-25-22)18-26-24(30)19-9-11-21(12-10-19)31-20-6-2-1-3-7-20/h1-13H,14-18H2,(H,26,30). The van der Waals surface area contributed by atoms with E-state index < -0.39 is 0 Å². The number of nitrogens with zero attached hydrogens (tertiary/aromatic N) is 3. The van der Waals surface area contributed by atoms with Gasteiger partial charge in [-0.2, -0.15) is 0 Å². The molecule has 0 aliphatic carbocycles. The normalized spacial score (nSPS) is 13.5. The van der Waals surface area contributed by atoms with Gasteiger partial charge in [0.25, 0.3) is 5.91 Å². The first kappa shape index (κ1) is 20.4. The van der Waals surface area contributed by atoms with E-state index >= 15 is 0 Å². The highest BCUT2D eigenvalue weighted by atomic mass is 16.5. The van der Waals surface area contributed by atoms with Crippen molar-refractivity contribution in [2.24, 2.45) is 0 Å². The van der Waals surface area contributed by atoms with Crippen molar-refractivity contribution in [1.82, 2.24) is 15.2 Å². The summed E-state index contributed by atoms with van der Waals surface area (Å²) in [5, 5.41) is 2.71. The van der Waals surface area contributed by atoms with Crippen molar-refractivity contribution in [3.05, 3.63) is 84.6 Å². The number of anilines is 1. The van der Waals surface area contributed by atoms with Crippen LogP contribution in [0.5, 0.6) is 11.5 Å². The van der Waals surface area contributed by atoms with E-state index in [0.717, 1.165) is 24.7 Å². The maximum Gasteiger partial charge on any atom is 0.251 e. The number of hydrogen-bond donors (Lipinski definition) is 1. The molecule has 158 valence electrons. The molecular formula is C24H24N4O3. The van der Waals surface area contributed by atoms with Gasteiger partial charge in [-0.25, -0.2) is 4.98 Å². The Bertz CT molecular complexity index is 1000. The first-order chi connectivity index (χ1) is 15.2. The lowest BCUT2D eigenvalue weighted by Gasteiger charge is -2.35. The van der Waals surface area contributed by atoms with Crippen LogP contribution >= 0.6 is 0 Å². The zero-order valence-electron chi connectivity index (χ0n) is 17.1. The Morgan fingerprint density at radius 3 is 2.19 bits per heavy atom. The van der Waals surface area contributed by atoms with Gasteiger partial charge in [0.1, 0.15) is 17.3 Å². The molecule has 3 aromatic rings. The number of rotatable bonds is 6. The number of para-hydroxylation sites is 1. The van der Waals surface area contributed by atoms with Crippen LogP contribution in [0.2, 0.25) is 0 Å². The van der Waals surface area contributed by atoms with E-state index in [2.05, 4.69) is 15.2 Å². The van der Waals surface area contributed by atoms with E-state index in [1.54, 1.807) is 35.4 Å². The van der Waals surface area contributed by atoms with E-state index in [1.807, 2.05) is 48.5 Å². The number of carbonyl (C=O) groups is 2. The molecular weight excluding hydrogens is 392 g/mol. The van der Waals surface area contributed by atoms with Gasteiger partial charge in [-0.15, -0.1) is 0 Å². The Labute approximate surface area is 181 Å². The predicted molar refractivity (Wildman–Crippen MR) is 118 cm³/mol. The molecule has 7 heteroatoms. The molecule has 4 rings (SSSR count). The van der Waals surface area contributed by atoms with E-state index in [-0.39, 0.29) is 18.4 Å². The molecule has 1 aliphatic rings. The molecule has 1 N–H and O–H groups in total. The molecule has 2 heterocycles. The summed E-state index contributed by atoms with van der Waals surface area (Å²) < 4.78 is 5.73. The highest BCUT2D eigenvalue weighted by molar-refractivity contribution is 5.96. The number of aromatic nitrogens is 1. The number of nitrogens with one attached hydrogen (secondary N) is 1. The van der Waals surface area contributed by atoms with Crippen LogP contribution in [0.4, 0.5) is 5.82 Å². The first-order valence-corrected chi connectivity index (χ1v) is 10.2. The average Bonchev–Trinajstić information content (AvgIpc) is 2.84. The van der Waals surface area contributed by atoms with Gasteiger partial charge in [0.2, 0.25) is 5.91 Å². The largest absolute Gasteiger partial charge is 0.457 e.